The monoisotopic (exact) mass is 384 g/mol. The Balaban J connectivity index is 1.63. The highest BCUT2D eigenvalue weighted by Crippen LogP contribution is 2.48. The van der Waals surface area contributed by atoms with Gasteiger partial charge in [-0.3, -0.25) is 0 Å². The molecule has 0 aliphatic heterocycles. The molecule has 2 saturated carbocycles. The first-order valence-corrected chi connectivity index (χ1v) is 10.1. The Morgan fingerprint density at radius 3 is 2.37 bits per heavy atom. The fraction of sp³-hybridized carbons (Fsp3) is 0.636. The summed E-state index contributed by atoms with van der Waals surface area (Å²) in [6.45, 7) is -1.06. The summed E-state index contributed by atoms with van der Waals surface area (Å²) in [5.74, 6) is -1.06. The second-order valence-electron chi connectivity index (χ2n) is 8.01. The van der Waals surface area contributed by atoms with Gasteiger partial charge >= 0.3 is 6.61 Å². The van der Waals surface area contributed by atoms with Crippen LogP contribution >= 0.6 is 0 Å². The Labute approximate surface area is 158 Å². The minimum absolute atomic E-state index is 0.0861. The van der Waals surface area contributed by atoms with Crippen LogP contribution in [-0.2, 0) is 0 Å². The first-order valence-electron chi connectivity index (χ1n) is 10.1. The molecular formula is C22H28F4O. The molecule has 0 spiro atoms. The predicted octanol–water partition coefficient (Wildman–Crippen LogP) is 7.22. The van der Waals surface area contributed by atoms with Crippen molar-refractivity contribution in [1.82, 2.24) is 0 Å². The van der Waals surface area contributed by atoms with Crippen molar-refractivity contribution >= 4 is 0 Å². The van der Waals surface area contributed by atoms with Gasteiger partial charge in [-0.1, -0.05) is 25.5 Å². The van der Waals surface area contributed by atoms with Crippen molar-refractivity contribution in [2.45, 2.75) is 70.8 Å². The van der Waals surface area contributed by atoms with E-state index in [0.717, 1.165) is 32.1 Å². The summed E-state index contributed by atoms with van der Waals surface area (Å²) in [5.41, 5.74) is 0.565. The fourth-order valence-electron chi connectivity index (χ4n) is 4.88. The molecule has 27 heavy (non-hydrogen) atoms. The molecule has 2 fully saturated rings. The maximum atomic E-state index is 14.1. The van der Waals surface area contributed by atoms with Gasteiger partial charge < -0.3 is 4.74 Å². The van der Waals surface area contributed by atoms with Gasteiger partial charge in [0.15, 0.2) is 17.4 Å². The molecule has 2 aliphatic carbocycles. The number of ether oxygens (including phenoxy) is 1. The Morgan fingerprint density at radius 1 is 1.04 bits per heavy atom. The van der Waals surface area contributed by atoms with E-state index in [-0.39, 0.29) is 5.92 Å². The topological polar surface area (TPSA) is 9.23 Å². The maximum absolute atomic E-state index is 14.1. The molecule has 1 aromatic rings. The van der Waals surface area contributed by atoms with E-state index in [9.17, 15) is 17.6 Å². The molecule has 2 aliphatic rings. The van der Waals surface area contributed by atoms with Crippen molar-refractivity contribution in [3.63, 3.8) is 0 Å². The molecule has 4 unspecified atom stereocenters. The van der Waals surface area contributed by atoms with Gasteiger partial charge in [-0.2, -0.15) is 8.78 Å². The van der Waals surface area contributed by atoms with E-state index in [4.69, 9.17) is 0 Å². The largest absolute Gasteiger partial charge is 0.429 e. The first-order chi connectivity index (χ1) is 13.0. The van der Waals surface area contributed by atoms with Gasteiger partial charge in [0.2, 0.25) is 0 Å². The molecule has 0 bridgehead atoms. The quantitative estimate of drug-likeness (QED) is 0.371. The normalized spacial score (nSPS) is 28.5. The summed E-state index contributed by atoms with van der Waals surface area (Å²) < 4.78 is 56.7. The Kier molecular flexibility index (Phi) is 6.83. The molecule has 150 valence electrons. The van der Waals surface area contributed by atoms with Crippen LogP contribution in [0.25, 0.3) is 0 Å². The Bertz CT molecular complexity index is 635. The highest BCUT2D eigenvalue weighted by atomic mass is 19.3. The third-order valence-corrected chi connectivity index (χ3v) is 6.22. The van der Waals surface area contributed by atoms with Crippen LogP contribution in [0.4, 0.5) is 17.6 Å². The van der Waals surface area contributed by atoms with Crippen molar-refractivity contribution in [2.24, 2.45) is 17.8 Å². The molecule has 0 amide bonds. The van der Waals surface area contributed by atoms with Gasteiger partial charge in [0, 0.05) is 0 Å². The molecule has 4 atom stereocenters. The lowest BCUT2D eigenvalue weighted by Gasteiger charge is -2.42. The van der Waals surface area contributed by atoms with Gasteiger partial charge in [-0.15, -0.1) is 0 Å². The fourth-order valence-corrected chi connectivity index (χ4v) is 4.88. The van der Waals surface area contributed by atoms with Crippen molar-refractivity contribution in [3.8, 4) is 5.75 Å². The van der Waals surface area contributed by atoms with Gasteiger partial charge in [0.05, 0.1) is 0 Å². The number of alkyl halides is 2. The van der Waals surface area contributed by atoms with Gasteiger partial charge in [-0.05, 0) is 86.3 Å². The van der Waals surface area contributed by atoms with Crippen LogP contribution in [0.3, 0.4) is 0 Å². The molecule has 0 N–H and O–H groups in total. The van der Waals surface area contributed by atoms with E-state index in [1.807, 2.05) is 0 Å². The lowest BCUT2D eigenvalue weighted by Crippen LogP contribution is -2.30. The molecule has 0 saturated heterocycles. The van der Waals surface area contributed by atoms with E-state index < -0.39 is 24.0 Å². The SMILES string of the molecule is CCCC=CC1CCC2CC(c3cc(F)c(OC(F)F)c(F)c3)CCC2C1. The van der Waals surface area contributed by atoms with Crippen molar-refractivity contribution in [2.75, 3.05) is 0 Å². The van der Waals surface area contributed by atoms with Crippen LogP contribution in [0.15, 0.2) is 24.3 Å². The van der Waals surface area contributed by atoms with Crippen LogP contribution in [0.5, 0.6) is 5.75 Å². The number of rotatable bonds is 6. The van der Waals surface area contributed by atoms with Crippen molar-refractivity contribution in [3.05, 3.63) is 41.5 Å². The molecule has 1 aromatic carbocycles. The predicted molar refractivity (Wildman–Crippen MR) is 98.0 cm³/mol. The number of hydrogen-bond acceptors (Lipinski definition) is 1. The van der Waals surface area contributed by atoms with Crippen LogP contribution in [-0.4, -0.2) is 6.61 Å². The summed E-state index contributed by atoms with van der Waals surface area (Å²) in [5, 5.41) is 0. The average molecular weight is 384 g/mol. The number of unbranched alkanes of at least 4 members (excludes halogenated alkanes) is 1. The zero-order chi connectivity index (χ0) is 19.4. The molecule has 3 rings (SSSR count). The first kappa shape index (κ1) is 20.2. The van der Waals surface area contributed by atoms with E-state index in [1.54, 1.807) is 0 Å². The lowest BCUT2D eigenvalue weighted by atomic mass is 9.64. The summed E-state index contributed by atoms with van der Waals surface area (Å²) >= 11 is 0. The molecular weight excluding hydrogens is 356 g/mol. The summed E-state index contributed by atoms with van der Waals surface area (Å²) in [4.78, 5) is 0. The van der Waals surface area contributed by atoms with Crippen LogP contribution in [0.2, 0.25) is 0 Å². The molecule has 0 heterocycles. The molecule has 0 aromatic heterocycles. The van der Waals surface area contributed by atoms with E-state index in [0.29, 0.717) is 23.3 Å². The van der Waals surface area contributed by atoms with Crippen LogP contribution < -0.4 is 4.74 Å². The number of benzene rings is 1. The van der Waals surface area contributed by atoms with Crippen molar-refractivity contribution in [1.29, 1.82) is 0 Å². The Hall–Kier alpha value is -1.52. The average Bonchev–Trinajstić information content (AvgIpc) is 2.64. The smallest absolute Gasteiger partial charge is 0.387 e. The van der Waals surface area contributed by atoms with E-state index in [1.165, 1.54) is 31.4 Å². The zero-order valence-electron chi connectivity index (χ0n) is 15.8. The maximum Gasteiger partial charge on any atom is 0.387 e. The third-order valence-electron chi connectivity index (χ3n) is 6.22. The van der Waals surface area contributed by atoms with Gasteiger partial charge in [0.25, 0.3) is 0 Å². The summed E-state index contributed by atoms with van der Waals surface area (Å²) in [6.07, 6.45) is 13.4. The molecule has 0 radical (unpaired) electrons. The standard InChI is InChI=1S/C22H28F4O/c1-2-3-4-5-14-6-7-16-11-17(9-8-15(16)10-14)18-12-19(23)21(20(24)13-18)27-22(25)26/h4-5,12-17,22H,2-3,6-11H2,1H3. The van der Waals surface area contributed by atoms with E-state index >= 15 is 0 Å². The van der Waals surface area contributed by atoms with Gasteiger partial charge in [-0.25, -0.2) is 8.78 Å². The molecule has 5 heteroatoms. The van der Waals surface area contributed by atoms with Crippen molar-refractivity contribution < 1.29 is 22.3 Å². The third kappa shape index (κ3) is 5.05. The second-order valence-corrected chi connectivity index (χ2v) is 8.01. The van der Waals surface area contributed by atoms with Gasteiger partial charge in [0.1, 0.15) is 0 Å². The minimum Gasteiger partial charge on any atom is -0.429 e. The second kappa shape index (κ2) is 9.11. The Morgan fingerprint density at radius 2 is 1.70 bits per heavy atom. The summed E-state index contributed by atoms with van der Waals surface area (Å²) in [7, 11) is 0. The summed E-state index contributed by atoms with van der Waals surface area (Å²) in [6, 6.07) is 2.34. The lowest BCUT2D eigenvalue weighted by molar-refractivity contribution is -0.0546. The molecule has 1 nitrogen and oxygen atoms in total. The highest BCUT2D eigenvalue weighted by Gasteiger charge is 2.35. The number of fused-ring (bicyclic) bond motifs is 1. The zero-order valence-corrected chi connectivity index (χ0v) is 15.8. The highest BCUT2D eigenvalue weighted by molar-refractivity contribution is 5.33. The number of hydrogen-bond donors (Lipinski definition) is 0. The van der Waals surface area contributed by atoms with Crippen LogP contribution in [0.1, 0.15) is 69.8 Å². The van der Waals surface area contributed by atoms with Crippen LogP contribution in [0, 0.1) is 29.4 Å². The van der Waals surface area contributed by atoms with E-state index in [2.05, 4.69) is 23.8 Å². The number of halogens is 4. The number of allylic oxidation sites excluding steroid dienone is 2. The minimum atomic E-state index is -3.24.